The molecule has 0 bridgehead atoms. The first-order chi connectivity index (χ1) is 7.87. The van der Waals surface area contributed by atoms with Gasteiger partial charge in [0.1, 0.15) is 10.7 Å². The van der Waals surface area contributed by atoms with Crippen molar-refractivity contribution >= 4 is 21.6 Å². The van der Waals surface area contributed by atoms with E-state index in [4.69, 9.17) is 0 Å². The highest BCUT2D eigenvalue weighted by Crippen LogP contribution is 2.23. The van der Waals surface area contributed by atoms with Crippen LogP contribution in [0.2, 0.25) is 0 Å². The second-order valence-corrected chi connectivity index (χ2v) is 4.58. The summed E-state index contributed by atoms with van der Waals surface area (Å²) >= 11 is 1.26. The topological polar surface area (TPSA) is 45.8 Å². The van der Waals surface area contributed by atoms with Gasteiger partial charge in [-0.2, -0.15) is 13.2 Å². The maximum atomic E-state index is 12.0. The van der Waals surface area contributed by atoms with Gasteiger partial charge in [0.2, 0.25) is 0 Å². The molecule has 0 aliphatic rings. The number of nitrogens with zero attached hydrogens (tertiary/aromatic N) is 1. The van der Waals surface area contributed by atoms with Gasteiger partial charge in [-0.15, -0.1) is 11.3 Å². The van der Waals surface area contributed by atoms with Crippen molar-refractivity contribution < 1.29 is 13.2 Å². The van der Waals surface area contributed by atoms with E-state index in [1.54, 1.807) is 12.3 Å². The zero-order chi connectivity index (χ0) is 12.6. The van der Waals surface area contributed by atoms with Crippen LogP contribution in [0.3, 0.4) is 0 Å². The van der Waals surface area contributed by atoms with Gasteiger partial charge in [-0.1, -0.05) is 0 Å². The van der Waals surface area contributed by atoms with Crippen LogP contribution in [-0.2, 0) is 6.42 Å². The third kappa shape index (κ3) is 2.66. The van der Waals surface area contributed by atoms with Crippen molar-refractivity contribution in [3.8, 4) is 0 Å². The van der Waals surface area contributed by atoms with Crippen molar-refractivity contribution in [1.29, 1.82) is 0 Å². The number of hydrogen-bond donors (Lipinski definition) is 1. The number of alkyl halides is 3. The van der Waals surface area contributed by atoms with Gasteiger partial charge >= 0.3 is 6.18 Å². The number of aromatic amines is 1. The molecule has 0 radical (unpaired) electrons. The first-order valence-corrected chi connectivity index (χ1v) is 5.78. The second-order valence-electron chi connectivity index (χ2n) is 3.73. The third-order valence-electron chi connectivity index (χ3n) is 2.32. The highest BCUT2D eigenvalue weighted by atomic mass is 32.1. The Morgan fingerprint density at radius 1 is 1.47 bits per heavy atom. The summed E-state index contributed by atoms with van der Waals surface area (Å²) in [6, 6.07) is 0. The lowest BCUT2D eigenvalue weighted by atomic mass is 10.2. The third-order valence-corrected chi connectivity index (χ3v) is 3.31. The smallest absolute Gasteiger partial charge is 0.310 e. The number of aromatic nitrogens is 2. The molecular formula is C10H9F3N2OS. The normalized spacial score (nSPS) is 12.2. The molecule has 92 valence electrons. The number of H-pyrrole nitrogens is 1. The molecular weight excluding hydrogens is 253 g/mol. The minimum atomic E-state index is -4.24. The Kier molecular flexibility index (Phi) is 2.94. The number of aryl methyl sites for hydroxylation is 2. The predicted octanol–water partition coefficient (Wildman–Crippen LogP) is 2.79. The summed E-state index contributed by atoms with van der Waals surface area (Å²) in [6.07, 6.45) is -5.52. The number of hydrogen-bond acceptors (Lipinski definition) is 3. The van der Waals surface area contributed by atoms with Crippen molar-refractivity contribution in [2.45, 2.75) is 25.9 Å². The maximum Gasteiger partial charge on any atom is 0.389 e. The van der Waals surface area contributed by atoms with Crippen molar-refractivity contribution in [2.75, 3.05) is 0 Å². The van der Waals surface area contributed by atoms with Gasteiger partial charge in [0.05, 0.1) is 11.8 Å². The summed E-state index contributed by atoms with van der Waals surface area (Å²) < 4.78 is 36.1. The average Bonchev–Trinajstić information content (AvgIpc) is 2.57. The second kappa shape index (κ2) is 4.14. The fourth-order valence-electron chi connectivity index (χ4n) is 1.51. The molecule has 2 heterocycles. The standard InChI is InChI=1S/C10H9F3N2OS/c1-5-4-17-9-7(5)8(16)14-6(15-9)2-3-10(11,12)13/h4H,2-3H2,1H3,(H,14,15,16). The average molecular weight is 262 g/mol. The van der Waals surface area contributed by atoms with Crippen molar-refractivity contribution in [1.82, 2.24) is 9.97 Å². The summed E-state index contributed by atoms with van der Waals surface area (Å²) in [4.78, 5) is 18.5. The van der Waals surface area contributed by atoms with E-state index in [0.717, 1.165) is 5.56 Å². The van der Waals surface area contributed by atoms with Gasteiger partial charge in [-0.25, -0.2) is 4.98 Å². The summed E-state index contributed by atoms with van der Waals surface area (Å²) in [7, 11) is 0. The number of thiophene rings is 1. The molecule has 0 atom stereocenters. The van der Waals surface area contributed by atoms with Crippen molar-refractivity contribution in [3.63, 3.8) is 0 Å². The summed E-state index contributed by atoms with van der Waals surface area (Å²) in [5, 5.41) is 2.23. The zero-order valence-electron chi connectivity index (χ0n) is 8.89. The van der Waals surface area contributed by atoms with E-state index in [2.05, 4.69) is 9.97 Å². The van der Waals surface area contributed by atoms with Crippen LogP contribution >= 0.6 is 11.3 Å². The lowest BCUT2D eigenvalue weighted by Gasteiger charge is -2.05. The minimum Gasteiger partial charge on any atom is -0.310 e. The molecule has 17 heavy (non-hydrogen) atoms. The van der Waals surface area contributed by atoms with Crippen LogP contribution in [0.5, 0.6) is 0 Å². The van der Waals surface area contributed by atoms with Crippen LogP contribution in [0.15, 0.2) is 10.2 Å². The number of rotatable bonds is 2. The Bertz CT molecular complexity index is 600. The van der Waals surface area contributed by atoms with E-state index in [-0.39, 0.29) is 17.8 Å². The van der Waals surface area contributed by atoms with E-state index >= 15 is 0 Å². The molecule has 0 fully saturated rings. The summed E-state index contributed by atoms with van der Waals surface area (Å²) in [6.45, 7) is 1.77. The molecule has 0 aliphatic heterocycles. The number of nitrogens with one attached hydrogen (secondary N) is 1. The van der Waals surface area contributed by atoms with E-state index < -0.39 is 12.6 Å². The van der Waals surface area contributed by atoms with E-state index in [1.165, 1.54) is 11.3 Å². The largest absolute Gasteiger partial charge is 0.389 e. The molecule has 1 N–H and O–H groups in total. The Balaban J connectivity index is 2.35. The van der Waals surface area contributed by atoms with Crippen LogP contribution in [0, 0.1) is 6.92 Å². The maximum absolute atomic E-state index is 12.0. The van der Waals surface area contributed by atoms with Gasteiger partial charge < -0.3 is 4.98 Å². The van der Waals surface area contributed by atoms with Gasteiger partial charge in [-0.3, -0.25) is 4.79 Å². The Morgan fingerprint density at radius 3 is 2.82 bits per heavy atom. The van der Waals surface area contributed by atoms with Crippen molar-refractivity contribution in [2.24, 2.45) is 0 Å². The fraction of sp³-hybridized carbons (Fsp3) is 0.400. The van der Waals surface area contributed by atoms with Gasteiger partial charge in [0.25, 0.3) is 5.56 Å². The first-order valence-electron chi connectivity index (χ1n) is 4.90. The molecule has 0 spiro atoms. The van der Waals surface area contributed by atoms with Crippen LogP contribution in [0.4, 0.5) is 13.2 Å². The highest BCUT2D eigenvalue weighted by Gasteiger charge is 2.27. The molecule has 2 aromatic rings. The molecule has 0 amide bonds. The molecule has 0 unspecified atom stereocenters. The lowest BCUT2D eigenvalue weighted by molar-refractivity contribution is -0.134. The fourth-order valence-corrected chi connectivity index (χ4v) is 2.45. The zero-order valence-corrected chi connectivity index (χ0v) is 9.71. The molecule has 7 heteroatoms. The number of fused-ring (bicyclic) bond motifs is 1. The predicted molar refractivity (Wildman–Crippen MR) is 59.4 cm³/mol. The van der Waals surface area contributed by atoms with Gasteiger partial charge in [0.15, 0.2) is 0 Å². The molecule has 0 aliphatic carbocycles. The molecule has 2 rings (SSSR count). The van der Waals surface area contributed by atoms with E-state index in [1.807, 2.05) is 0 Å². The van der Waals surface area contributed by atoms with Crippen LogP contribution in [0.1, 0.15) is 17.8 Å². The minimum absolute atomic E-state index is 0.0849. The Hall–Kier alpha value is -1.37. The SMILES string of the molecule is Cc1csc2nc(CCC(F)(F)F)[nH]c(=O)c12. The first kappa shape index (κ1) is 12.1. The number of halogens is 3. The van der Waals surface area contributed by atoms with Gasteiger partial charge in [0, 0.05) is 6.42 Å². The molecule has 0 saturated heterocycles. The quantitative estimate of drug-likeness (QED) is 0.904. The van der Waals surface area contributed by atoms with E-state index in [9.17, 15) is 18.0 Å². The van der Waals surface area contributed by atoms with Crippen molar-refractivity contribution in [3.05, 3.63) is 27.1 Å². The molecule has 0 aromatic carbocycles. The lowest BCUT2D eigenvalue weighted by Crippen LogP contribution is -2.15. The Labute approximate surface area is 98.3 Å². The molecule has 3 nitrogen and oxygen atoms in total. The van der Waals surface area contributed by atoms with Crippen LogP contribution in [0.25, 0.3) is 10.2 Å². The summed E-state index contributed by atoms with van der Waals surface area (Å²) in [5.74, 6) is 0.0849. The molecule has 2 aromatic heterocycles. The van der Waals surface area contributed by atoms with Crippen LogP contribution < -0.4 is 5.56 Å². The van der Waals surface area contributed by atoms with Gasteiger partial charge in [-0.05, 0) is 17.9 Å². The monoisotopic (exact) mass is 262 g/mol. The van der Waals surface area contributed by atoms with Crippen LogP contribution in [-0.4, -0.2) is 16.1 Å². The Morgan fingerprint density at radius 2 is 2.18 bits per heavy atom. The molecule has 0 saturated carbocycles. The summed E-state index contributed by atoms with van der Waals surface area (Å²) in [5.41, 5.74) is 0.423. The highest BCUT2D eigenvalue weighted by molar-refractivity contribution is 7.16. The van der Waals surface area contributed by atoms with E-state index in [0.29, 0.717) is 10.2 Å².